The van der Waals surface area contributed by atoms with E-state index in [1.165, 1.54) is 27.8 Å². The van der Waals surface area contributed by atoms with Crippen LogP contribution in [0.15, 0.2) is 79.0 Å². The molecular weight excluding hydrogens is 254 g/mol. The molecule has 0 spiro atoms. The van der Waals surface area contributed by atoms with Crippen LogP contribution in [0, 0.1) is 0 Å². The lowest BCUT2D eigenvalue weighted by molar-refractivity contribution is 1.31. The van der Waals surface area contributed by atoms with Gasteiger partial charge in [0.05, 0.1) is 5.69 Å². The van der Waals surface area contributed by atoms with Gasteiger partial charge in [0.25, 0.3) is 0 Å². The molecule has 0 saturated heterocycles. The largest absolute Gasteiger partial charge is 0.256 e. The lowest BCUT2D eigenvalue weighted by Crippen LogP contribution is -1.88. The van der Waals surface area contributed by atoms with Crippen LogP contribution >= 0.6 is 0 Å². The molecule has 0 atom stereocenters. The second-order valence-corrected chi connectivity index (χ2v) is 5.27. The van der Waals surface area contributed by atoms with Gasteiger partial charge in [0.2, 0.25) is 0 Å². The van der Waals surface area contributed by atoms with Gasteiger partial charge < -0.3 is 0 Å². The number of pyridine rings is 1. The summed E-state index contributed by atoms with van der Waals surface area (Å²) < 4.78 is 0. The Morgan fingerprint density at radius 1 is 0.762 bits per heavy atom. The first-order valence-electron chi connectivity index (χ1n) is 7.22. The van der Waals surface area contributed by atoms with Gasteiger partial charge in [-0.25, -0.2) is 0 Å². The highest BCUT2D eigenvalue weighted by molar-refractivity contribution is 5.86. The maximum absolute atomic E-state index is 4.44. The summed E-state index contributed by atoms with van der Waals surface area (Å²) in [6.07, 6.45) is 5.19. The van der Waals surface area contributed by atoms with E-state index in [1.54, 1.807) is 0 Å². The van der Waals surface area contributed by atoms with Gasteiger partial charge in [0.15, 0.2) is 0 Å². The van der Waals surface area contributed by atoms with Gasteiger partial charge in [-0.15, -0.1) is 0 Å². The molecule has 1 heterocycles. The third kappa shape index (κ3) is 2.17. The van der Waals surface area contributed by atoms with Crippen LogP contribution in [-0.4, -0.2) is 4.98 Å². The van der Waals surface area contributed by atoms with Crippen LogP contribution in [0.4, 0.5) is 0 Å². The van der Waals surface area contributed by atoms with Crippen molar-refractivity contribution < 1.29 is 0 Å². The van der Waals surface area contributed by atoms with Gasteiger partial charge >= 0.3 is 0 Å². The second kappa shape index (κ2) is 5.02. The Balaban J connectivity index is 1.78. The molecule has 1 aliphatic rings. The van der Waals surface area contributed by atoms with Crippen LogP contribution in [0.3, 0.4) is 0 Å². The van der Waals surface area contributed by atoms with Crippen molar-refractivity contribution in [3.8, 4) is 11.3 Å². The van der Waals surface area contributed by atoms with Gasteiger partial charge in [0.1, 0.15) is 0 Å². The van der Waals surface area contributed by atoms with Crippen molar-refractivity contribution in [2.45, 2.75) is 6.42 Å². The number of allylic oxidation sites excluding steroid dienone is 1. The van der Waals surface area contributed by atoms with Crippen molar-refractivity contribution in [1.29, 1.82) is 0 Å². The fraction of sp³-hybridized carbons (Fsp3) is 0.0500. The van der Waals surface area contributed by atoms with Crippen molar-refractivity contribution in [3.05, 3.63) is 95.7 Å². The number of fused-ring (bicyclic) bond motifs is 1. The van der Waals surface area contributed by atoms with Crippen LogP contribution in [0.2, 0.25) is 0 Å². The molecule has 0 unspecified atom stereocenters. The molecule has 21 heavy (non-hydrogen) atoms. The standard InChI is InChI=1S/C20H15N/c1-2-9-18-15(6-1)11-12-19(18)16-7-5-8-17(14-16)20-10-3-4-13-21-20/h1-10,12-14H,11H2. The normalized spacial score (nSPS) is 12.9. The maximum Gasteiger partial charge on any atom is 0.0702 e. The van der Waals surface area contributed by atoms with Crippen LogP contribution in [0.5, 0.6) is 0 Å². The molecule has 0 N–H and O–H groups in total. The zero-order valence-electron chi connectivity index (χ0n) is 11.7. The quantitative estimate of drug-likeness (QED) is 0.655. The topological polar surface area (TPSA) is 12.9 Å². The average molecular weight is 269 g/mol. The first-order valence-corrected chi connectivity index (χ1v) is 7.22. The molecule has 1 heteroatoms. The van der Waals surface area contributed by atoms with Crippen LogP contribution in [0.25, 0.3) is 16.8 Å². The van der Waals surface area contributed by atoms with Crippen molar-refractivity contribution in [2.24, 2.45) is 0 Å². The summed E-state index contributed by atoms with van der Waals surface area (Å²) in [5.74, 6) is 0. The summed E-state index contributed by atoms with van der Waals surface area (Å²) in [7, 11) is 0. The Kier molecular flexibility index (Phi) is 2.89. The van der Waals surface area contributed by atoms with Gasteiger partial charge in [-0.3, -0.25) is 4.98 Å². The Hall–Kier alpha value is -2.67. The molecule has 1 nitrogen and oxygen atoms in total. The van der Waals surface area contributed by atoms with E-state index >= 15 is 0 Å². The number of benzene rings is 2. The zero-order chi connectivity index (χ0) is 14.1. The van der Waals surface area contributed by atoms with E-state index in [0.29, 0.717) is 0 Å². The van der Waals surface area contributed by atoms with Crippen molar-refractivity contribution >= 4 is 5.57 Å². The van der Waals surface area contributed by atoms with Gasteiger partial charge in [0, 0.05) is 11.8 Å². The molecule has 0 radical (unpaired) electrons. The smallest absolute Gasteiger partial charge is 0.0702 e. The second-order valence-electron chi connectivity index (χ2n) is 5.27. The number of rotatable bonds is 2. The third-order valence-electron chi connectivity index (χ3n) is 3.97. The van der Waals surface area contributed by atoms with E-state index in [2.05, 4.69) is 65.7 Å². The Morgan fingerprint density at radius 3 is 2.52 bits per heavy atom. The minimum absolute atomic E-state index is 1.02. The van der Waals surface area contributed by atoms with E-state index in [4.69, 9.17) is 0 Å². The molecule has 1 aromatic heterocycles. The molecule has 3 aromatic rings. The summed E-state index contributed by atoms with van der Waals surface area (Å²) in [5.41, 5.74) is 7.56. The molecular formula is C20H15N. The highest BCUT2D eigenvalue weighted by atomic mass is 14.7. The summed E-state index contributed by atoms with van der Waals surface area (Å²) in [5, 5.41) is 0. The molecule has 1 aliphatic carbocycles. The van der Waals surface area contributed by atoms with Gasteiger partial charge in [-0.1, -0.05) is 54.6 Å². The lowest BCUT2D eigenvalue weighted by Gasteiger charge is -2.08. The minimum Gasteiger partial charge on any atom is -0.256 e. The van der Waals surface area contributed by atoms with Crippen LogP contribution in [-0.2, 0) is 6.42 Å². The molecule has 0 fully saturated rings. The fourth-order valence-corrected chi connectivity index (χ4v) is 2.94. The molecule has 100 valence electrons. The molecule has 0 saturated carbocycles. The first kappa shape index (κ1) is 12.1. The fourth-order valence-electron chi connectivity index (χ4n) is 2.94. The summed E-state index contributed by atoms with van der Waals surface area (Å²) in [6, 6.07) is 23.3. The predicted octanol–water partition coefficient (Wildman–Crippen LogP) is 4.74. The van der Waals surface area contributed by atoms with Gasteiger partial charge in [-0.05, 0) is 46.9 Å². The summed E-state index contributed by atoms with van der Waals surface area (Å²) >= 11 is 0. The maximum atomic E-state index is 4.44. The van der Waals surface area contributed by atoms with Crippen molar-refractivity contribution in [2.75, 3.05) is 0 Å². The van der Waals surface area contributed by atoms with Crippen molar-refractivity contribution in [3.63, 3.8) is 0 Å². The monoisotopic (exact) mass is 269 g/mol. The van der Waals surface area contributed by atoms with E-state index in [0.717, 1.165) is 12.1 Å². The van der Waals surface area contributed by atoms with E-state index in [1.807, 2.05) is 18.3 Å². The Morgan fingerprint density at radius 2 is 1.62 bits per heavy atom. The minimum atomic E-state index is 1.02. The summed E-state index contributed by atoms with van der Waals surface area (Å²) in [6.45, 7) is 0. The zero-order valence-corrected chi connectivity index (χ0v) is 11.7. The molecule has 0 aliphatic heterocycles. The predicted molar refractivity (Wildman–Crippen MR) is 86.9 cm³/mol. The SMILES string of the molecule is C1=C(c2cccc(-c3ccccn3)c2)c2ccccc2C1. The lowest BCUT2D eigenvalue weighted by atomic mass is 9.97. The summed E-state index contributed by atoms with van der Waals surface area (Å²) in [4.78, 5) is 4.44. The Bertz CT molecular complexity index is 816. The molecule has 4 rings (SSSR count). The van der Waals surface area contributed by atoms with E-state index in [9.17, 15) is 0 Å². The Labute approximate surface area is 124 Å². The number of hydrogen-bond acceptors (Lipinski definition) is 1. The van der Waals surface area contributed by atoms with Crippen LogP contribution < -0.4 is 0 Å². The molecule has 0 bridgehead atoms. The third-order valence-corrected chi connectivity index (χ3v) is 3.97. The van der Waals surface area contributed by atoms with Crippen LogP contribution in [0.1, 0.15) is 16.7 Å². The van der Waals surface area contributed by atoms with Gasteiger partial charge in [-0.2, -0.15) is 0 Å². The molecule has 2 aromatic carbocycles. The van der Waals surface area contributed by atoms with Crippen molar-refractivity contribution in [1.82, 2.24) is 4.98 Å². The molecule has 0 amide bonds. The van der Waals surface area contributed by atoms with E-state index in [-0.39, 0.29) is 0 Å². The van der Waals surface area contributed by atoms with E-state index < -0.39 is 0 Å². The number of hydrogen-bond donors (Lipinski definition) is 0. The number of aromatic nitrogens is 1. The highest BCUT2D eigenvalue weighted by Gasteiger charge is 2.15. The average Bonchev–Trinajstić information content (AvgIpc) is 3.00. The number of nitrogens with zero attached hydrogens (tertiary/aromatic N) is 1. The first-order chi connectivity index (χ1) is 10.4. The highest BCUT2D eigenvalue weighted by Crippen LogP contribution is 2.33.